The molecule has 1 fully saturated rings. The predicted octanol–water partition coefficient (Wildman–Crippen LogP) is 2.98. The molecule has 1 saturated heterocycles. The highest BCUT2D eigenvalue weighted by Crippen LogP contribution is 2.22. The van der Waals surface area contributed by atoms with Gasteiger partial charge < -0.3 is 10.6 Å². The smallest absolute Gasteiger partial charge is 0.254 e. The molecule has 0 aromatic heterocycles. The fraction of sp³-hybridized carbons (Fsp3) is 0.235. The summed E-state index contributed by atoms with van der Waals surface area (Å²) >= 11 is 5.88. The SMILES string of the molecule is N[C@H]1CCN(C(=O)c2[c]cc(-c3ccc(Cl)cc3)cc2)C1. The zero-order valence-corrected chi connectivity index (χ0v) is 12.3. The lowest BCUT2D eigenvalue weighted by atomic mass is 10.0. The molecule has 1 radical (unpaired) electrons. The summed E-state index contributed by atoms with van der Waals surface area (Å²) in [5.41, 5.74) is 8.49. The molecule has 107 valence electrons. The number of carbonyl (C=O) groups excluding carboxylic acids is 1. The van der Waals surface area contributed by atoms with E-state index in [1.807, 2.05) is 42.5 Å². The number of rotatable bonds is 2. The van der Waals surface area contributed by atoms with Crippen molar-refractivity contribution in [3.05, 3.63) is 59.1 Å². The first-order valence-electron chi connectivity index (χ1n) is 6.96. The molecule has 1 aliphatic rings. The highest BCUT2D eigenvalue weighted by Gasteiger charge is 2.24. The Bertz CT molecular complexity index is 637. The highest BCUT2D eigenvalue weighted by molar-refractivity contribution is 6.30. The molecule has 2 aromatic rings. The van der Waals surface area contributed by atoms with Gasteiger partial charge in [0.2, 0.25) is 0 Å². The molecule has 0 saturated carbocycles. The maximum absolute atomic E-state index is 12.3. The van der Waals surface area contributed by atoms with E-state index in [1.54, 1.807) is 4.90 Å². The monoisotopic (exact) mass is 299 g/mol. The first kappa shape index (κ1) is 14.1. The summed E-state index contributed by atoms with van der Waals surface area (Å²) in [7, 11) is 0. The van der Waals surface area contributed by atoms with Gasteiger partial charge in [-0.15, -0.1) is 0 Å². The molecule has 1 amide bonds. The largest absolute Gasteiger partial charge is 0.337 e. The molecule has 3 nitrogen and oxygen atoms in total. The van der Waals surface area contributed by atoms with Crippen LogP contribution in [0.15, 0.2) is 42.5 Å². The van der Waals surface area contributed by atoms with E-state index in [4.69, 9.17) is 17.3 Å². The third kappa shape index (κ3) is 3.09. The van der Waals surface area contributed by atoms with Crippen LogP contribution in [0.2, 0.25) is 5.02 Å². The van der Waals surface area contributed by atoms with Crippen molar-refractivity contribution in [1.29, 1.82) is 0 Å². The van der Waals surface area contributed by atoms with Crippen LogP contribution in [0.3, 0.4) is 0 Å². The Morgan fingerprint density at radius 1 is 1.19 bits per heavy atom. The Morgan fingerprint density at radius 2 is 1.90 bits per heavy atom. The van der Waals surface area contributed by atoms with Crippen molar-refractivity contribution in [2.24, 2.45) is 5.73 Å². The predicted molar refractivity (Wildman–Crippen MR) is 84.2 cm³/mol. The normalized spacial score (nSPS) is 18.0. The number of hydrogen-bond acceptors (Lipinski definition) is 2. The second-order valence-corrected chi connectivity index (χ2v) is 5.73. The Kier molecular flexibility index (Phi) is 3.95. The zero-order chi connectivity index (χ0) is 14.8. The molecule has 2 N–H and O–H groups in total. The third-order valence-electron chi connectivity index (χ3n) is 3.73. The van der Waals surface area contributed by atoms with Crippen molar-refractivity contribution < 1.29 is 4.79 Å². The van der Waals surface area contributed by atoms with Gasteiger partial charge in [0, 0.05) is 29.7 Å². The first-order chi connectivity index (χ1) is 10.1. The van der Waals surface area contributed by atoms with Crippen LogP contribution in [0, 0.1) is 6.07 Å². The lowest BCUT2D eigenvalue weighted by Gasteiger charge is -2.15. The fourth-order valence-corrected chi connectivity index (χ4v) is 2.65. The lowest BCUT2D eigenvalue weighted by molar-refractivity contribution is 0.0790. The number of likely N-dealkylation sites (tertiary alicyclic amines) is 1. The number of halogens is 1. The number of carbonyl (C=O) groups is 1. The minimum Gasteiger partial charge on any atom is -0.337 e. The van der Waals surface area contributed by atoms with Gasteiger partial charge in [-0.25, -0.2) is 0 Å². The Balaban J connectivity index is 1.77. The molecule has 21 heavy (non-hydrogen) atoms. The Hall–Kier alpha value is -1.84. The van der Waals surface area contributed by atoms with Gasteiger partial charge in [-0.1, -0.05) is 29.8 Å². The molecule has 0 aliphatic carbocycles. The zero-order valence-electron chi connectivity index (χ0n) is 11.6. The van der Waals surface area contributed by atoms with Crippen LogP contribution in [-0.4, -0.2) is 29.9 Å². The van der Waals surface area contributed by atoms with Crippen molar-refractivity contribution >= 4 is 17.5 Å². The summed E-state index contributed by atoms with van der Waals surface area (Å²) in [6.07, 6.45) is 0.870. The van der Waals surface area contributed by atoms with Crippen LogP contribution in [0.25, 0.3) is 11.1 Å². The van der Waals surface area contributed by atoms with E-state index in [0.717, 1.165) is 24.1 Å². The van der Waals surface area contributed by atoms with Gasteiger partial charge in [0.15, 0.2) is 0 Å². The maximum atomic E-state index is 12.3. The van der Waals surface area contributed by atoms with E-state index < -0.39 is 0 Å². The minimum atomic E-state index is 0.00519. The molecule has 3 rings (SSSR count). The molecule has 1 atom stereocenters. The standard InChI is InChI=1S/C17H16ClN2O/c18-15-7-5-13(6-8-15)12-1-3-14(4-2-12)17(21)20-10-9-16(19)11-20/h1-3,5-8,16H,9-11,19H2/t16-/m0/s1. The number of nitrogens with two attached hydrogens (primary N) is 1. The summed E-state index contributed by atoms with van der Waals surface area (Å²) in [5, 5.41) is 0.708. The van der Waals surface area contributed by atoms with Crippen molar-refractivity contribution in [3.8, 4) is 11.1 Å². The third-order valence-corrected chi connectivity index (χ3v) is 3.98. The van der Waals surface area contributed by atoms with Crippen LogP contribution in [-0.2, 0) is 0 Å². The van der Waals surface area contributed by atoms with Crippen LogP contribution in [0.5, 0.6) is 0 Å². The van der Waals surface area contributed by atoms with Crippen molar-refractivity contribution in [2.75, 3.05) is 13.1 Å². The van der Waals surface area contributed by atoms with E-state index in [1.165, 1.54) is 0 Å². The molecule has 0 spiro atoms. The summed E-state index contributed by atoms with van der Waals surface area (Å²) in [4.78, 5) is 14.1. The summed E-state index contributed by atoms with van der Waals surface area (Å²) < 4.78 is 0. The lowest BCUT2D eigenvalue weighted by Crippen LogP contribution is -2.31. The van der Waals surface area contributed by atoms with Gasteiger partial charge in [-0.2, -0.15) is 0 Å². The molecular formula is C17H16ClN2O. The highest BCUT2D eigenvalue weighted by atomic mass is 35.5. The molecule has 0 bridgehead atoms. The van der Waals surface area contributed by atoms with Crippen molar-refractivity contribution in [2.45, 2.75) is 12.5 Å². The minimum absolute atomic E-state index is 0.00519. The van der Waals surface area contributed by atoms with Gasteiger partial charge in [0.25, 0.3) is 5.91 Å². The van der Waals surface area contributed by atoms with E-state index >= 15 is 0 Å². The Labute approximate surface area is 129 Å². The second-order valence-electron chi connectivity index (χ2n) is 5.30. The Morgan fingerprint density at radius 3 is 2.48 bits per heavy atom. The van der Waals surface area contributed by atoms with Crippen molar-refractivity contribution in [1.82, 2.24) is 4.90 Å². The van der Waals surface area contributed by atoms with Gasteiger partial charge in [-0.3, -0.25) is 4.79 Å². The van der Waals surface area contributed by atoms with Crippen LogP contribution in [0.4, 0.5) is 0 Å². The molecule has 1 aliphatic heterocycles. The van der Waals surface area contributed by atoms with E-state index in [-0.39, 0.29) is 11.9 Å². The maximum Gasteiger partial charge on any atom is 0.254 e. The van der Waals surface area contributed by atoms with Crippen LogP contribution >= 0.6 is 11.6 Å². The molecular weight excluding hydrogens is 284 g/mol. The van der Waals surface area contributed by atoms with Crippen LogP contribution in [0.1, 0.15) is 16.8 Å². The number of nitrogens with zero attached hydrogens (tertiary/aromatic N) is 1. The molecule has 1 heterocycles. The van der Waals surface area contributed by atoms with Crippen LogP contribution < -0.4 is 5.73 Å². The number of amides is 1. The topological polar surface area (TPSA) is 46.3 Å². The second kappa shape index (κ2) is 5.88. The van der Waals surface area contributed by atoms with Gasteiger partial charge in [0.05, 0.1) is 0 Å². The quantitative estimate of drug-likeness (QED) is 0.926. The molecule has 4 heteroatoms. The van der Waals surface area contributed by atoms with E-state index in [0.29, 0.717) is 17.1 Å². The summed E-state index contributed by atoms with van der Waals surface area (Å²) in [6, 6.07) is 16.4. The van der Waals surface area contributed by atoms with Gasteiger partial charge in [0.1, 0.15) is 0 Å². The first-order valence-corrected chi connectivity index (χ1v) is 7.34. The average molecular weight is 300 g/mol. The summed E-state index contributed by atoms with van der Waals surface area (Å²) in [6.45, 7) is 1.36. The van der Waals surface area contributed by atoms with E-state index in [2.05, 4.69) is 6.07 Å². The number of hydrogen-bond donors (Lipinski definition) is 1. The van der Waals surface area contributed by atoms with Crippen molar-refractivity contribution in [3.63, 3.8) is 0 Å². The van der Waals surface area contributed by atoms with Gasteiger partial charge in [-0.05, 0) is 47.9 Å². The van der Waals surface area contributed by atoms with Gasteiger partial charge >= 0.3 is 0 Å². The molecule has 2 aromatic carbocycles. The van der Waals surface area contributed by atoms with E-state index in [9.17, 15) is 4.79 Å². The number of benzene rings is 2. The average Bonchev–Trinajstić information content (AvgIpc) is 2.94. The fourth-order valence-electron chi connectivity index (χ4n) is 2.52. The molecule has 0 unspecified atom stereocenters. The summed E-state index contributed by atoms with van der Waals surface area (Å²) in [5.74, 6) is 0.00519.